The van der Waals surface area contributed by atoms with Gasteiger partial charge in [-0.15, -0.1) is 20.2 Å². The minimum atomic E-state index is -3.22. The van der Waals surface area contributed by atoms with Gasteiger partial charge in [-0.25, -0.2) is 24.9 Å². The summed E-state index contributed by atoms with van der Waals surface area (Å²) in [6.07, 6.45) is 0. The Bertz CT molecular complexity index is 4370. The molecule has 5 aromatic carbocycles. The Morgan fingerprint density at radius 3 is 1.46 bits per heavy atom. The van der Waals surface area contributed by atoms with Crippen molar-refractivity contribution in [1.82, 2.24) is 70.7 Å². The second kappa shape index (κ2) is 33.3. The molecule has 0 atom stereocenters. The van der Waals surface area contributed by atoms with Gasteiger partial charge in [0.1, 0.15) is 29.0 Å². The van der Waals surface area contributed by atoms with Gasteiger partial charge in [-0.2, -0.15) is 15.5 Å². The van der Waals surface area contributed by atoms with Gasteiger partial charge >= 0.3 is 17.0 Å². The predicted octanol–water partition coefficient (Wildman–Crippen LogP) is 8.83. The lowest BCUT2D eigenvalue weighted by atomic mass is 10.2. The highest BCUT2D eigenvalue weighted by molar-refractivity contribution is 8.24. The summed E-state index contributed by atoms with van der Waals surface area (Å²) in [6, 6.07) is 46.4. The third-order valence-corrected chi connectivity index (χ3v) is 10.5. The predicted molar refractivity (Wildman–Crippen MR) is 332 cm³/mol. The minimum absolute atomic E-state index is 0.0466. The first-order valence-electron chi connectivity index (χ1n) is 24.2. The van der Waals surface area contributed by atoms with E-state index >= 15 is 0 Å². The number of carbonyl (C=O) groups excluding carboxylic acids is 1. The molecule has 0 amide bonds. The molecule has 6 aromatic heterocycles. The van der Waals surface area contributed by atoms with Crippen LogP contribution in [-0.2, 0) is 14.1 Å². The highest BCUT2D eigenvalue weighted by Gasteiger charge is 2.14. The fraction of sp³-hybridized carbons (Fsp3) is 0.0385. The lowest BCUT2D eigenvalue weighted by molar-refractivity contribution is -0.135. The van der Waals surface area contributed by atoms with E-state index in [0.29, 0.717) is 50.8 Å². The first kappa shape index (κ1) is 66.7. The number of nitroso groups, excluding NO2 is 1. The maximum atomic E-state index is 11.6. The number of benzene rings is 5. The smallest absolute Gasteiger partial charge is 0.398 e. The number of aromatic amines is 5. The summed E-state index contributed by atoms with van der Waals surface area (Å²) in [5.41, 5.74) is 25.3. The number of hydrogen-bond acceptors (Lipinski definition) is 23. The van der Waals surface area contributed by atoms with Crippen LogP contribution >= 0.6 is 50.5 Å². The normalized spacial score (nSPS) is 10.3. The van der Waals surface area contributed by atoms with Crippen LogP contribution in [0.3, 0.4) is 0 Å². The Kier molecular flexibility index (Phi) is 25.5. The van der Waals surface area contributed by atoms with Crippen LogP contribution < -0.4 is 39.6 Å². The number of nitrogens with zero attached hydrogens (tertiary/aromatic N) is 12. The second-order valence-electron chi connectivity index (χ2n) is 16.1. The maximum Gasteiger partial charge on any atom is 0.398 e. The average molecular weight is 1280 g/mol. The molecule has 0 aliphatic heterocycles. The molecule has 0 saturated heterocycles. The van der Waals surface area contributed by atoms with Gasteiger partial charge in [-0.05, 0) is 45.8 Å². The zero-order valence-electron chi connectivity index (χ0n) is 44.6. The van der Waals surface area contributed by atoms with Crippen molar-refractivity contribution < 1.29 is 19.3 Å². The summed E-state index contributed by atoms with van der Waals surface area (Å²) < 4.78 is 13.9. The molecule has 11 rings (SSSR count). The quantitative estimate of drug-likeness (QED) is 0.00816. The lowest BCUT2D eigenvalue weighted by Gasteiger charge is -2.03. The van der Waals surface area contributed by atoms with Crippen molar-refractivity contribution in [2.45, 2.75) is 6.92 Å². The van der Waals surface area contributed by atoms with E-state index in [4.69, 9.17) is 51.7 Å². The minimum Gasteiger partial charge on any atom is -0.470 e. The number of nitrogen functional groups attached to an aromatic ring is 4. The summed E-state index contributed by atoms with van der Waals surface area (Å²) >= 11 is 19.8. The number of fused-ring (bicyclic) bond motifs is 2. The number of hydrogen-bond donors (Lipinski definition) is 11. The van der Waals surface area contributed by atoms with E-state index in [0.717, 1.165) is 22.3 Å². The largest absolute Gasteiger partial charge is 0.470 e. The van der Waals surface area contributed by atoms with Gasteiger partial charge in [0.05, 0.1) is 11.8 Å². The molecule has 87 heavy (non-hydrogen) atoms. The third-order valence-electron chi connectivity index (χ3n) is 10.3. The van der Waals surface area contributed by atoms with Crippen LogP contribution in [0.15, 0.2) is 176 Å². The maximum absolute atomic E-state index is 11.6. The van der Waals surface area contributed by atoms with Gasteiger partial charge in [0.25, 0.3) is 16.7 Å². The van der Waals surface area contributed by atoms with Gasteiger partial charge < -0.3 is 52.7 Å². The molecule has 0 aliphatic rings. The molecule has 35 heteroatoms. The molecule has 0 radical (unpaired) electrons. The molecular weight excluding hydrogens is 1230 g/mol. The van der Waals surface area contributed by atoms with E-state index in [2.05, 4.69) is 124 Å². The number of amidine groups is 2. The average Bonchev–Trinajstić information content (AvgIpc) is 3.17. The Morgan fingerprint density at radius 1 is 0.632 bits per heavy atom. The van der Waals surface area contributed by atoms with Crippen molar-refractivity contribution in [2.75, 3.05) is 23.8 Å². The number of anilines is 3. The molecular formula is C52H45Cl4N22O8P. The Balaban J connectivity index is 0.000000190. The number of carbonyl (C=O) groups is 1. The fourth-order valence-electron chi connectivity index (χ4n) is 6.38. The highest BCUT2D eigenvalue weighted by atomic mass is 36.0. The first-order chi connectivity index (χ1) is 41.6. The van der Waals surface area contributed by atoms with Crippen LogP contribution in [0.4, 0.5) is 23.0 Å². The van der Waals surface area contributed by atoms with Gasteiger partial charge in [-0.1, -0.05) is 170 Å². The van der Waals surface area contributed by atoms with Crippen LogP contribution in [0.25, 0.3) is 72.7 Å². The molecule has 0 aliphatic carbocycles. The van der Waals surface area contributed by atoms with E-state index < -0.39 is 28.1 Å². The number of halogens is 4. The number of H-pyrrole nitrogens is 5. The van der Waals surface area contributed by atoms with Crippen LogP contribution in [-0.4, -0.2) is 100 Å². The van der Waals surface area contributed by atoms with E-state index in [1.165, 1.54) is 0 Å². The van der Waals surface area contributed by atoms with Crippen molar-refractivity contribution in [3.63, 3.8) is 0 Å². The number of esters is 1. The van der Waals surface area contributed by atoms with E-state index in [1.807, 2.05) is 127 Å². The first-order valence-corrected chi connectivity index (χ1v) is 29.0. The zero-order valence-corrected chi connectivity index (χ0v) is 48.5. The zero-order chi connectivity index (χ0) is 63.5. The Hall–Kier alpha value is -11.1. The van der Waals surface area contributed by atoms with Gasteiger partial charge in [0.15, 0.2) is 33.6 Å². The molecule has 444 valence electrons. The van der Waals surface area contributed by atoms with Crippen molar-refractivity contribution >= 4 is 114 Å². The molecule has 0 unspecified atom stereocenters. The van der Waals surface area contributed by atoms with Crippen LogP contribution in [0, 0.1) is 16.9 Å². The molecule has 6 heterocycles. The number of nitrogens with two attached hydrogens (primary N) is 4. The molecule has 30 nitrogen and oxygen atoms in total. The standard InChI is InChI=1S/C10H6ClN5.C10H7N5O.C10H8N4O2.C10H10N4O.C7H8N2.C5H6N2O3.Cl3OP/c11-8-7-10(15-16-14-7)13-9(12-8)6-4-2-1-3-5-6;16-10-7-9(14-15-13-7)11-8(12-10)6-4-2-1-3-5-6;11-8-7(14-16)10(15)13-9(12-8)6-4-2-1-3-5-6;11-7-8(12)13-9(14-10(7)15)6-4-2-1-3-5-6;8-7(9)6-4-2-1-3-5-6;1-3-10-5(8)4(6-2)7-9;1-5(2,3)4/h1-5H,(H,12,13,14,15,16);1-5H,(H2,11,12,13,14,15,16);1-5H,(H3,11,12,13,15);1-5H,11H2,(H3,12,13,14,15);1-5H,(H3,8,9);9H,3H2,1H3;/b;;;;;7-4-;. The number of oxime groups is 1. The third kappa shape index (κ3) is 20.9. The summed E-state index contributed by atoms with van der Waals surface area (Å²) in [7, 11) is 0. The Labute approximate surface area is 508 Å². The molecule has 0 spiro atoms. The van der Waals surface area contributed by atoms with E-state index in [9.17, 15) is 28.7 Å². The van der Waals surface area contributed by atoms with Gasteiger partial charge in [0, 0.05) is 27.8 Å². The Morgan fingerprint density at radius 2 is 1.05 bits per heavy atom. The summed E-state index contributed by atoms with van der Waals surface area (Å²) in [5, 5.41) is 37.1. The molecule has 0 saturated carbocycles. The van der Waals surface area contributed by atoms with Crippen molar-refractivity contribution in [3.05, 3.63) is 210 Å². The molecule has 15 N–H and O–H groups in total. The second-order valence-corrected chi connectivity index (χ2v) is 23.1. The summed E-state index contributed by atoms with van der Waals surface area (Å²) in [6.45, 7) is 8.06. The van der Waals surface area contributed by atoms with Crippen molar-refractivity contribution in [2.24, 2.45) is 16.1 Å². The SMILES string of the molecule is Clc1nc(-c2ccccc2)nc2n[nH]nc12.N=C(N)c1ccccc1.Nc1nc(-c2ccccc2)[nH]c(=O)c1N.Nc1nc(-c2ccccc2)[nH]c(=O)c1N=O.O=P(Cl)(Cl)Cl.O=c1[nH]c(-c2ccccc2)nc2n[nH]nc12.[C-]#[N+]/C(=N\O)C(=O)OCC. The van der Waals surface area contributed by atoms with Crippen LogP contribution in [0.5, 0.6) is 0 Å². The number of rotatable bonds is 7. The monoisotopic (exact) mass is 1280 g/mol. The van der Waals surface area contributed by atoms with Crippen LogP contribution in [0.1, 0.15) is 12.5 Å². The van der Waals surface area contributed by atoms with E-state index in [1.54, 1.807) is 31.2 Å². The fourth-order valence-corrected chi connectivity index (χ4v) is 6.59. The van der Waals surface area contributed by atoms with Crippen molar-refractivity contribution in [1.29, 1.82) is 5.41 Å². The van der Waals surface area contributed by atoms with Crippen molar-refractivity contribution in [3.8, 4) is 45.6 Å². The summed E-state index contributed by atoms with van der Waals surface area (Å²) in [5.74, 6) is 0.231. The van der Waals surface area contributed by atoms with Gasteiger partial charge in [-0.3, -0.25) is 29.2 Å². The lowest BCUT2D eigenvalue weighted by Crippen LogP contribution is -2.16. The number of ether oxygens (including phenoxy) is 1. The molecule has 0 fully saturated rings. The molecule has 11 aromatic rings. The number of aromatic nitrogens is 14. The topological polar surface area (TPSA) is 484 Å². The van der Waals surface area contributed by atoms with E-state index in [-0.39, 0.29) is 46.5 Å². The number of nitrogens with one attached hydrogen (secondary N) is 6. The van der Waals surface area contributed by atoms with Crippen LogP contribution in [0.2, 0.25) is 5.15 Å². The summed E-state index contributed by atoms with van der Waals surface area (Å²) in [4.78, 5) is 86.0. The van der Waals surface area contributed by atoms with Gasteiger partial charge in [0.2, 0.25) is 17.0 Å². The molecule has 0 bridgehead atoms. The highest BCUT2D eigenvalue weighted by Crippen LogP contribution is 2.61.